The molecule has 1 heterocycles. The molecule has 1 aliphatic rings. The molecule has 6 nitrogen and oxygen atoms in total. The van der Waals surface area contributed by atoms with Crippen LogP contribution in [-0.2, 0) is 6.54 Å². The molecule has 0 aliphatic heterocycles. The minimum atomic E-state index is -0.623. The normalized spacial score (nSPS) is 14.9. The Morgan fingerprint density at radius 1 is 1.30 bits per heavy atom. The Balaban J connectivity index is 2.09. The number of hydrogen-bond donors (Lipinski definition) is 2. The van der Waals surface area contributed by atoms with Crippen LogP contribution in [0, 0.1) is 0 Å². The maximum atomic E-state index is 12.2. The number of aromatic nitrogens is 2. The smallest absolute Gasteiger partial charge is 0.331 e. The number of aromatic amines is 1. The van der Waals surface area contributed by atoms with E-state index in [1.165, 1.54) is 4.57 Å². The first-order chi connectivity index (χ1) is 11.1. The largest absolute Gasteiger partial charge is 0.494 e. The molecule has 0 amide bonds. The van der Waals surface area contributed by atoms with Crippen LogP contribution in [0.15, 0.2) is 44.9 Å². The van der Waals surface area contributed by atoms with Crippen molar-refractivity contribution in [3.8, 4) is 5.88 Å². The molecule has 23 heavy (non-hydrogen) atoms. The zero-order valence-electron chi connectivity index (χ0n) is 13.0. The first kappa shape index (κ1) is 15.3. The monoisotopic (exact) mass is 313 g/mol. The molecule has 0 atom stereocenters. The molecule has 1 aromatic carbocycles. The van der Waals surface area contributed by atoms with Crippen molar-refractivity contribution in [2.75, 3.05) is 0 Å². The molecule has 0 radical (unpaired) electrons. The molecule has 1 aliphatic carbocycles. The van der Waals surface area contributed by atoms with Gasteiger partial charge in [-0.05, 0) is 24.8 Å². The lowest BCUT2D eigenvalue weighted by Gasteiger charge is -2.12. The fraction of sp³-hybridized carbons (Fsp3) is 0.353. The SMILES string of the molecule is CCC(=NC1CC1)c1c(O)n(Cc2ccccc2)c(=O)[nH]c1=O. The van der Waals surface area contributed by atoms with Crippen LogP contribution in [0.4, 0.5) is 0 Å². The van der Waals surface area contributed by atoms with Crippen molar-refractivity contribution in [1.82, 2.24) is 9.55 Å². The molecule has 0 spiro atoms. The van der Waals surface area contributed by atoms with Gasteiger partial charge in [-0.2, -0.15) is 0 Å². The summed E-state index contributed by atoms with van der Waals surface area (Å²) in [5.41, 5.74) is 0.308. The molecular weight excluding hydrogens is 294 g/mol. The summed E-state index contributed by atoms with van der Waals surface area (Å²) < 4.78 is 1.17. The van der Waals surface area contributed by atoms with Gasteiger partial charge in [0.1, 0.15) is 5.56 Å². The van der Waals surface area contributed by atoms with Crippen molar-refractivity contribution in [1.29, 1.82) is 0 Å². The van der Waals surface area contributed by atoms with Gasteiger partial charge in [0.2, 0.25) is 5.88 Å². The Morgan fingerprint density at radius 2 is 2.00 bits per heavy atom. The van der Waals surface area contributed by atoms with Gasteiger partial charge in [0.15, 0.2) is 0 Å². The van der Waals surface area contributed by atoms with Crippen molar-refractivity contribution in [3.63, 3.8) is 0 Å². The molecule has 2 aromatic rings. The van der Waals surface area contributed by atoms with Gasteiger partial charge in [-0.3, -0.25) is 19.3 Å². The zero-order valence-corrected chi connectivity index (χ0v) is 13.0. The second kappa shape index (κ2) is 6.24. The fourth-order valence-corrected chi connectivity index (χ4v) is 2.49. The summed E-state index contributed by atoms with van der Waals surface area (Å²) >= 11 is 0. The van der Waals surface area contributed by atoms with Crippen LogP contribution in [0.5, 0.6) is 5.88 Å². The molecule has 1 aromatic heterocycles. The topological polar surface area (TPSA) is 87.4 Å². The summed E-state index contributed by atoms with van der Waals surface area (Å²) in [6.07, 6.45) is 2.54. The first-order valence-electron chi connectivity index (χ1n) is 7.77. The maximum absolute atomic E-state index is 12.2. The van der Waals surface area contributed by atoms with E-state index in [9.17, 15) is 14.7 Å². The van der Waals surface area contributed by atoms with E-state index in [0.29, 0.717) is 12.1 Å². The van der Waals surface area contributed by atoms with Gasteiger partial charge in [0.05, 0.1) is 18.3 Å². The summed E-state index contributed by atoms with van der Waals surface area (Å²) in [5.74, 6) is -0.316. The lowest BCUT2D eigenvalue weighted by molar-refractivity contribution is 0.407. The van der Waals surface area contributed by atoms with Crippen molar-refractivity contribution in [3.05, 3.63) is 62.3 Å². The number of hydrogen-bond acceptors (Lipinski definition) is 4. The second-order valence-corrected chi connectivity index (χ2v) is 5.69. The van der Waals surface area contributed by atoms with E-state index in [0.717, 1.165) is 18.4 Å². The molecule has 0 unspecified atom stereocenters. The summed E-state index contributed by atoms with van der Waals surface area (Å²) in [6, 6.07) is 9.54. The van der Waals surface area contributed by atoms with Crippen LogP contribution in [0.3, 0.4) is 0 Å². The molecule has 3 rings (SSSR count). The zero-order chi connectivity index (χ0) is 16.4. The Kier molecular flexibility index (Phi) is 4.14. The molecule has 2 N–H and O–H groups in total. The second-order valence-electron chi connectivity index (χ2n) is 5.69. The number of benzene rings is 1. The highest BCUT2D eigenvalue weighted by atomic mass is 16.3. The third kappa shape index (κ3) is 3.26. The van der Waals surface area contributed by atoms with Crippen LogP contribution in [0.2, 0.25) is 0 Å². The van der Waals surface area contributed by atoms with Crippen LogP contribution in [0.1, 0.15) is 37.3 Å². The Bertz CT molecular complexity index is 846. The van der Waals surface area contributed by atoms with E-state index < -0.39 is 11.2 Å². The lowest BCUT2D eigenvalue weighted by Crippen LogP contribution is -2.34. The highest BCUT2D eigenvalue weighted by molar-refractivity contribution is 6.02. The highest BCUT2D eigenvalue weighted by Gasteiger charge is 2.24. The van der Waals surface area contributed by atoms with E-state index in [-0.39, 0.29) is 24.0 Å². The third-order valence-electron chi connectivity index (χ3n) is 3.86. The number of aromatic hydroxyl groups is 1. The molecule has 1 saturated carbocycles. The summed E-state index contributed by atoms with van der Waals surface area (Å²) in [5, 5.41) is 10.5. The molecule has 6 heteroatoms. The third-order valence-corrected chi connectivity index (χ3v) is 3.86. The average molecular weight is 313 g/mol. The minimum absolute atomic E-state index is 0.106. The number of nitrogens with zero attached hydrogens (tertiary/aromatic N) is 2. The first-order valence-corrected chi connectivity index (χ1v) is 7.77. The summed E-state index contributed by atoms with van der Waals surface area (Å²) in [6.45, 7) is 2.07. The summed E-state index contributed by atoms with van der Waals surface area (Å²) in [7, 11) is 0. The lowest BCUT2D eigenvalue weighted by atomic mass is 10.1. The van der Waals surface area contributed by atoms with E-state index in [4.69, 9.17) is 0 Å². The highest BCUT2D eigenvalue weighted by Crippen LogP contribution is 2.26. The van der Waals surface area contributed by atoms with Crippen LogP contribution in [0.25, 0.3) is 0 Å². The van der Waals surface area contributed by atoms with Crippen LogP contribution < -0.4 is 11.2 Å². The number of aliphatic imine (C=N–C) groups is 1. The fourth-order valence-electron chi connectivity index (χ4n) is 2.49. The minimum Gasteiger partial charge on any atom is -0.494 e. The van der Waals surface area contributed by atoms with Gasteiger partial charge in [0, 0.05) is 0 Å². The number of rotatable bonds is 5. The van der Waals surface area contributed by atoms with Gasteiger partial charge in [-0.25, -0.2) is 4.79 Å². The van der Waals surface area contributed by atoms with Gasteiger partial charge < -0.3 is 5.11 Å². The predicted octanol–water partition coefficient (Wildman–Crippen LogP) is 1.65. The van der Waals surface area contributed by atoms with E-state index in [2.05, 4.69) is 9.98 Å². The van der Waals surface area contributed by atoms with Gasteiger partial charge in [-0.1, -0.05) is 37.3 Å². The Labute approximate surface area is 133 Å². The summed E-state index contributed by atoms with van der Waals surface area (Å²) in [4.78, 5) is 31.0. The Morgan fingerprint density at radius 3 is 2.61 bits per heavy atom. The van der Waals surface area contributed by atoms with Crippen LogP contribution in [-0.4, -0.2) is 26.4 Å². The standard InChI is InChI=1S/C17H19N3O3/c1-2-13(18-12-8-9-12)14-15(21)19-17(23)20(16(14)22)10-11-6-4-3-5-7-11/h3-7,12,22H,2,8-10H2,1H3,(H,19,21,23). The van der Waals surface area contributed by atoms with E-state index in [1.807, 2.05) is 37.3 Å². The van der Waals surface area contributed by atoms with Gasteiger partial charge in [0.25, 0.3) is 5.56 Å². The quantitative estimate of drug-likeness (QED) is 0.823. The van der Waals surface area contributed by atoms with Crippen molar-refractivity contribution >= 4 is 5.71 Å². The van der Waals surface area contributed by atoms with Crippen molar-refractivity contribution in [2.24, 2.45) is 4.99 Å². The molecular formula is C17H19N3O3. The van der Waals surface area contributed by atoms with Crippen molar-refractivity contribution < 1.29 is 5.11 Å². The van der Waals surface area contributed by atoms with E-state index >= 15 is 0 Å². The predicted molar refractivity (Wildman–Crippen MR) is 88.4 cm³/mol. The number of H-pyrrole nitrogens is 1. The van der Waals surface area contributed by atoms with Gasteiger partial charge in [-0.15, -0.1) is 0 Å². The average Bonchev–Trinajstić information content (AvgIpc) is 3.35. The molecule has 1 fully saturated rings. The Hall–Kier alpha value is -2.63. The van der Waals surface area contributed by atoms with Crippen LogP contribution >= 0.6 is 0 Å². The van der Waals surface area contributed by atoms with Gasteiger partial charge >= 0.3 is 5.69 Å². The number of nitrogens with one attached hydrogen (secondary N) is 1. The molecule has 0 bridgehead atoms. The van der Waals surface area contributed by atoms with Crippen molar-refractivity contribution in [2.45, 2.75) is 38.8 Å². The molecule has 120 valence electrons. The molecule has 0 saturated heterocycles. The maximum Gasteiger partial charge on any atom is 0.331 e. The van der Waals surface area contributed by atoms with E-state index in [1.54, 1.807) is 0 Å².